The fourth-order valence-electron chi connectivity index (χ4n) is 15.4. The Morgan fingerprint density at radius 3 is 1.02 bits per heavy atom. The summed E-state index contributed by atoms with van der Waals surface area (Å²) < 4.78 is 0. The van der Waals surface area contributed by atoms with E-state index >= 15 is 0 Å². The van der Waals surface area contributed by atoms with Gasteiger partial charge in [-0.25, -0.2) is 4.79 Å². The Labute approximate surface area is 742 Å². The third kappa shape index (κ3) is 70.1. The van der Waals surface area contributed by atoms with Crippen LogP contribution in [-0.4, -0.2) is 160 Å². The second-order valence-corrected chi connectivity index (χ2v) is 36.4. The van der Waals surface area contributed by atoms with Crippen LogP contribution in [0.5, 0.6) is 0 Å². The molecule has 0 aliphatic carbocycles. The molecule has 8 atom stereocenters. The average Bonchev–Trinajstić information content (AvgIpc) is 0.867. The summed E-state index contributed by atoms with van der Waals surface area (Å²) in [6, 6.07) is -4.03. The number of ketones is 7. The highest BCUT2D eigenvalue weighted by molar-refractivity contribution is 5.93. The van der Waals surface area contributed by atoms with Gasteiger partial charge in [-0.15, -0.1) is 0 Å². The average molecular weight is 1750 g/mol. The Kier molecular flexibility index (Phi) is 72.3. The maximum atomic E-state index is 13.9. The van der Waals surface area contributed by atoms with Gasteiger partial charge in [-0.1, -0.05) is 226 Å². The van der Waals surface area contributed by atoms with E-state index in [0.29, 0.717) is 180 Å². The highest BCUT2D eigenvalue weighted by Crippen LogP contribution is 2.28. The smallest absolute Gasteiger partial charge is 0.326 e. The Balaban J connectivity index is -0.0000744. The molecular formula is C96H177N9O18. The summed E-state index contributed by atoms with van der Waals surface area (Å²) in [5.41, 5.74) is 24.1. The zero-order valence-corrected chi connectivity index (χ0v) is 77.3. The number of carbonyl (C=O) groups is 15. The van der Waals surface area contributed by atoms with Crippen LogP contribution in [-0.2, 0) is 71.9 Å². The van der Waals surface area contributed by atoms with Gasteiger partial charge in [0.05, 0.1) is 30.1 Å². The monoisotopic (exact) mass is 1740 g/mol. The SMILES string of the molecule is CC(=O)CCCCCCCCCCCCCCCCCCC(=O)C[C@@H](CCC(=O)NCCCC[C@H](N)C(=O)CCCCC[C@H](N)C(=O)NCCCC[C@H](CC(=O)[C@H](CCCCNC(=O)[C@@H](N)CCCCNC(=O)[C@@H](N)CCCCCC(=O)CC[C@H](NC(=O)CCCCCCCCCCCCCCCCC(=O)O)C(=O)O)CC(=O)C(C)(C)C)C(C)=O)C(=O)O.[HH].[HH]. The van der Waals surface area contributed by atoms with Crippen molar-refractivity contribution in [3.8, 4) is 0 Å². The molecule has 0 aromatic carbocycles. The van der Waals surface area contributed by atoms with Gasteiger partial charge in [0, 0.05) is 117 Å². The molecule has 0 aromatic heterocycles. The van der Waals surface area contributed by atoms with E-state index in [1.165, 1.54) is 103 Å². The number of nitrogens with one attached hydrogen (secondary N) is 5. The summed E-state index contributed by atoms with van der Waals surface area (Å²) in [6.45, 7) is 9.88. The van der Waals surface area contributed by atoms with E-state index in [-0.39, 0.29) is 137 Å². The predicted octanol–water partition coefficient (Wildman–Crippen LogP) is 16.5. The molecule has 0 saturated carbocycles. The fourth-order valence-corrected chi connectivity index (χ4v) is 15.4. The van der Waals surface area contributed by atoms with Crippen molar-refractivity contribution in [1.82, 2.24) is 26.6 Å². The number of Topliss-reactive ketones (excluding diaryl/α,β-unsaturated/α-hetero) is 7. The van der Waals surface area contributed by atoms with E-state index in [2.05, 4.69) is 26.6 Å². The van der Waals surface area contributed by atoms with Crippen molar-refractivity contribution in [2.45, 2.75) is 469 Å². The van der Waals surface area contributed by atoms with E-state index in [4.69, 9.17) is 28.0 Å². The minimum Gasteiger partial charge on any atom is -0.481 e. The maximum absolute atomic E-state index is 13.9. The van der Waals surface area contributed by atoms with Crippen LogP contribution in [0.2, 0.25) is 0 Å². The fraction of sp³-hybridized carbons (Fsp3) is 0.844. The van der Waals surface area contributed by atoms with Crippen molar-refractivity contribution in [3.63, 3.8) is 0 Å². The molecule has 16 N–H and O–H groups in total. The Morgan fingerprint density at radius 2 is 0.626 bits per heavy atom. The van der Waals surface area contributed by atoms with Gasteiger partial charge in [0.2, 0.25) is 29.5 Å². The normalized spacial score (nSPS) is 13.5. The van der Waals surface area contributed by atoms with Crippen LogP contribution in [0.25, 0.3) is 0 Å². The number of hydrogen-bond acceptors (Lipinski definition) is 19. The van der Waals surface area contributed by atoms with E-state index in [0.717, 1.165) is 89.9 Å². The van der Waals surface area contributed by atoms with E-state index in [1.807, 2.05) is 0 Å². The summed E-state index contributed by atoms with van der Waals surface area (Å²) >= 11 is 0. The molecule has 0 rings (SSSR count). The van der Waals surface area contributed by atoms with E-state index in [9.17, 15) is 82.1 Å². The lowest BCUT2D eigenvalue weighted by atomic mass is 9.79. The molecule has 27 nitrogen and oxygen atoms in total. The molecule has 0 heterocycles. The van der Waals surface area contributed by atoms with Gasteiger partial charge >= 0.3 is 17.9 Å². The molecule has 0 fully saturated rings. The van der Waals surface area contributed by atoms with E-state index in [1.54, 1.807) is 27.7 Å². The third-order valence-electron chi connectivity index (χ3n) is 23.8. The zero-order chi connectivity index (χ0) is 91.7. The molecule has 0 saturated heterocycles. The lowest BCUT2D eigenvalue weighted by molar-refractivity contribution is -0.144. The van der Waals surface area contributed by atoms with Gasteiger partial charge in [0.25, 0.3) is 0 Å². The van der Waals surface area contributed by atoms with Crippen LogP contribution >= 0.6 is 0 Å². The molecule has 5 amide bonds. The summed E-state index contributed by atoms with van der Waals surface area (Å²) in [7, 11) is 0. The molecule has 0 spiro atoms. The first-order chi connectivity index (χ1) is 58.7. The summed E-state index contributed by atoms with van der Waals surface area (Å²) in [4.78, 5) is 187. The number of rotatable bonds is 89. The summed E-state index contributed by atoms with van der Waals surface area (Å²) in [5.74, 6) is -6.87. The lowest BCUT2D eigenvalue weighted by Gasteiger charge is -2.23. The van der Waals surface area contributed by atoms with Gasteiger partial charge in [0.15, 0.2) is 0 Å². The third-order valence-corrected chi connectivity index (χ3v) is 23.8. The van der Waals surface area contributed by atoms with Crippen LogP contribution in [0.3, 0.4) is 0 Å². The van der Waals surface area contributed by atoms with Crippen molar-refractivity contribution in [2.75, 3.05) is 26.2 Å². The number of carbonyl (C=O) groups excluding carboxylic acids is 12. The second kappa shape index (κ2) is 76.5. The van der Waals surface area contributed by atoms with Crippen molar-refractivity contribution in [3.05, 3.63) is 0 Å². The van der Waals surface area contributed by atoms with Gasteiger partial charge in [0.1, 0.15) is 46.5 Å². The molecule has 123 heavy (non-hydrogen) atoms. The maximum Gasteiger partial charge on any atom is 0.326 e. The van der Waals surface area contributed by atoms with Gasteiger partial charge in [-0.2, -0.15) is 0 Å². The largest absolute Gasteiger partial charge is 0.481 e. The van der Waals surface area contributed by atoms with Crippen LogP contribution in [0.15, 0.2) is 0 Å². The van der Waals surface area contributed by atoms with Crippen LogP contribution in [0, 0.1) is 23.2 Å². The molecule has 0 bridgehead atoms. The minimum absolute atomic E-state index is 0. The second-order valence-electron chi connectivity index (χ2n) is 36.4. The molecule has 27 heteroatoms. The first kappa shape index (κ1) is 116. The molecule has 0 aliphatic heterocycles. The number of nitrogens with two attached hydrogens (primary N) is 4. The van der Waals surface area contributed by atoms with Crippen molar-refractivity contribution in [2.24, 2.45) is 46.1 Å². The summed E-state index contributed by atoms with van der Waals surface area (Å²) in [5, 5.41) is 42.1. The lowest BCUT2D eigenvalue weighted by Crippen LogP contribution is -2.42. The molecule has 0 aromatic rings. The first-order valence-corrected chi connectivity index (χ1v) is 48.5. The molecule has 714 valence electrons. The number of aliphatic carboxylic acids is 3. The number of carboxylic acid groups (broad SMARTS) is 3. The zero-order valence-electron chi connectivity index (χ0n) is 77.3. The number of unbranched alkanes of at least 4 members (excludes halogenated alkanes) is 36. The topological polar surface area (TPSA) is 481 Å². The van der Waals surface area contributed by atoms with Crippen molar-refractivity contribution in [1.29, 1.82) is 0 Å². The van der Waals surface area contributed by atoms with Crippen molar-refractivity contribution < 1.29 is 90.1 Å². The van der Waals surface area contributed by atoms with Crippen molar-refractivity contribution >= 4 is 87.9 Å². The Hall–Kier alpha value is -6.71. The van der Waals surface area contributed by atoms with Gasteiger partial charge in [-0.05, 0) is 142 Å². The molecular weight excluding hydrogens is 1570 g/mol. The number of carboxylic acids is 3. The highest BCUT2D eigenvalue weighted by Gasteiger charge is 2.31. The number of amides is 5. The van der Waals surface area contributed by atoms with Gasteiger partial charge in [-0.3, -0.25) is 62.3 Å². The van der Waals surface area contributed by atoms with E-state index < -0.39 is 71.3 Å². The van der Waals surface area contributed by atoms with Gasteiger partial charge < -0.3 is 69.6 Å². The predicted molar refractivity (Wildman–Crippen MR) is 490 cm³/mol. The first-order valence-electron chi connectivity index (χ1n) is 48.5. The summed E-state index contributed by atoms with van der Waals surface area (Å²) in [6.07, 6.45) is 46.6. The Morgan fingerprint density at radius 1 is 0.285 bits per heavy atom. The van der Waals surface area contributed by atoms with Crippen LogP contribution in [0.1, 0.15) is 442 Å². The minimum atomic E-state index is -1.17. The Bertz CT molecular complexity index is 2980. The molecule has 0 unspecified atom stereocenters. The quantitative estimate of drug-likeness (QED) is 0.0252. The molecule has 0 radical (unpaired) electrons. The highest BCUT2D eigenvalue weighted by atomic mass is 16.4. The number of hydrogen-bond donors (Lipinski definition) is 12. The van der Waals surface area contributed by atoms with Crippen LogP contribution in [0.4, 0.5) is 0 Å². The van der Waals surface area contributed by atoms with Crippen LogP contribution < -0.4 is 49.5 Å². The molecule has 0 aliphatic rings. The standard InChI is InChI=1S/C96H173N9O18.2H2/c1-73(106)50-34-28-24-20-16-12-8-6-7-9-13-17-21-25-29-35-54-79(109)70-77(94(120)121)62-65-88(113)101-66-48-44-55-80(97)85(110)59-39-33-38-57-82(99)91(117)102-67-46-42-51-75(74(2)107)71-86(111)76(72-87(112)96(3,4)5)52-43-47-68-103-93(119)83(100)58-45-49-69-104-92(118)81(98)56-37-32-36-53-78(108)63-64-84(95(122)123)105-89(114)60-40-30-26-22-18-14-10-11-15-19-23-27-31-41-61-90(115)116;;/h75-77,80-84H,6-72,97-100H2,1-5H3,(H,101,113)(H,102,117)(H,103,119)(H,104,118)(H,105,114)(H,115,116)(H,120,121)(H,122,123);2*1H/t75-,76-,77-,80+,81+,82+,83+,84+;;/m1../s1.